The SMILES string of the molecule is CCCCCCCCC(=O)Oc1ccc(C=Nc2ccc(N=Nc3ccccc3)cc2)cc1. The van der Waals surface area contributed by atoms with Crippen molar-refractivity contribution in [2.75, 3.05) is 0 Å². The number of hydrogen-bond donors (Lipinski definition) is 0. The Morgan fingerprint density at radius 2 is 1.33 bits per heavy atom. The van der Waals surface area contributed by atoms with E-state index in [4.69, 9.17) is 4.74 Å². The number of aliphatic imine (C=N–C) groups is 1. The van der Waals surface area contributed by atoms with Crippen LogP contribution in [0.1, 0.15) is 57.4 Å². The summed E-state index contributed by atoms with van der Waals surface area (Å²) in [6.07, 6.45) is 9.16. The minimum atomic E-state index is -0.170. The lowest BCUT2D eigenvalue weighted by molar-refractivity contribution is -0.134. The summed E-state index contributed by atoms with van der Waals surface area (Å²) in [4.78, 5) is 16.5. The summed E-state index contributed by atoms with van der Waals surface area (Å²) >= 11 is 0. The van der Waals surface area contributed by atoms with Gasteiger partial charge in [-0.15, -0.1) is 0 Å². The molecule has 0 unspecified atom stereocenters. The predicted molar refractivity (Wildman–Crippen MR) is 134 cm³/mol. The smallest absolute Gasteiger partial charge is 0.311 e. The van der Waals surface area contributed by atoms with Gasteiger partial charge in [-0.3, -0.25) is 9.79 Å². The number of hydrogen-bond acceptors (Lipinski definition) is 5. The van der Waals surface area contributed by atoms with E-state index in [9.17, 15) is 4.79 Å². The van der Waals surface area contributed by atoms with Crippen LogP contribution in [0.15, 0.2) is 94.1 Å². The van der Waals surface area contributed by atoms with E-state index < -0.39 is 0 Å². The molecule has 0 aromatic heterocycles. The Hall–Kier alpha value is -3.60. The van der Waals surface area contributed by atoms with Gasteiger partial charge < -0.3 is 4.74 Å². The standard InChI is InChI=1S/C28H31N3O2/c1-2-3-4-5-6-10-13-28(32)33-27-20-14-23(15-21-27)22-29-24-16-18-26(19-17-24)31-30-25-11-8-7-9-12-25/h7-9,11-12,14-22H,2-6,10,13H2,1H3. The number of nitrogens with zero attached hydrogens (tertiary/aromatic N) is 3. The van der Waals surface area contributed by atoms with Crippen LogP contribution in [0, 0.1) is 0 Å². The molecule has 0 heterocycles. The van der Waals surface area contributed by atoms with Crippen LogP contribution >= 0.6 is 0 Å². The molecule has 0 aliphatic rings. The average Bonchev–Trinajstić information content (AvgIpc) is 2.86. The van der Waals surface area contributed by atoms with Crippen molar-refractivity contribution in [3.63, 3.8) is 0 Å². The molecule has 5 heteroatoms. The van der Waals surface area contributed by atoms with Crippen LogP contribution in [0.3, 0.4) is 0 Å². The molecular weight excluding hydrogens is 410 g/mol. The molecule has 3 aromatic carbocycles. The molecule has 5 nitrogen and oxygen atoms in total. The zero-order valence-corrected chi connectivity index (χ0v) is 19.2. The fraction of sp³-hybridized carbons (Fsp3) is 0.286. The minimum absolute atomic E-state index is 0.170. The summed E-state index contributed by atoms with van der Waals surface area (Å²) in [6, 6.07) is 24.6. The Kier molecular flexibility index (Phi) is 10.0. The largest absolute Gasteiger partial charge is 0.427 e. The first-order valence-corrected chi connectivity index (χ1v) is 11.6. The van der Waals surface area contributed by atoms with Crippen molar-refractivity contribution in [2.45, 2.75) is 51.9 Å². The number of esters is 1. The number of ether oxygens (including phenoxy) is 1. The van der Waals surface area contributed by atoms with Crippen molar-refractivity contribution in [3.05, 3.63) is 84.4 Å². The third-order valence-corrected chi connectivity index (χ3v) is 5.10. The van der Waals surface area contributed by atoms with Crippen molar-refractivity contribution < 1.29 is 9.53 Å². The highest BCUT2D eigenvalue weighted by Crippen LogP contribution is 2.21. The zero-order chi connectivity index (χ0) is 23.1. The third kappa shape index (κ3) is 9.19. The number of rotatable bonds is 12. The van der Waals surface area contributed by atoms with Gasteiger partial charge in [0.1, 0.15) is 5.75 Å². The monoisotopic (exact) mass is 441 g/mol. The van der Waals surface area contributed by atoms with Crippen LogP contribution < -0.4 is 4.74 Å². The number of carbonyl (C=O) groups is 1. The number of unbranched alkanes of at least 4 members (excludes halogenated alkanes) is 5. The van der Waals surface area contributed by atoms with Crippen molar-refractivity contribution in [2.24, 2.45) is 15.2 Å². The maximum absolute atomic E-state index is 12.0. The molecule has 0 spiro atoms. The fourth-order valence-corrected chi connectivity index (χ4v) is 3.22. The first-order valence-electron chi connectivity index (χ1n) is 11.6. The van der Waals surface area contributed by atoms with Gasteiger partial charge in [-0.05, 0) is 72.6 Å². The van der Waals surface area contributed by atoms with Gasteiger partial charge >= 0.3 is 5.97 Å². The molecule has 0 saturated heterocycles. The van der Waals surface area contributed by atoms with E-state index >= 15 is 0 Å². The van der Waals surface area contributed by atoms with Crippen LogP contribution in [-0.4, -0.2) is 12.2 Å². The first kappa shape index (κ1) is 24.1. The van der Waals surface area contributed by atoms with E-state index in [1.54, 1.807) is 18.3 Å². The second-order valence-corrected chi connectivity index (χ2v) is 7.87. The van der Waals surface area contributed by atoms with Crippen molar-refractivity contribution in [3.8, 4) is 5.75 Å². The van der Waals surface area contributed by atoms with Crippen LogP contribution in [0.5, 0.6) is 5.75 Å². The summed E-state index contributed by atoms with van der Waals surface area (Å²) in [5.41, 5.74) is 3.34. The van der Waals surface area contributed by atoms with Gasteiger partial charge in [-0.2, -0.15) is 10.2 Å². The van der Waals surface area contributed by atoms with Gasteiger partial charge in [0, 0.05) is 12.6 Å². The number of carbonyl (C=O) groups excluding carboxylic acids is 1. The minimum Gasteiger partial charge on any atom is -0.427 e. The topological polar surface area (TPSA) is 63.4 Å². The normalized spacial score (nSPS) is 11.3. The van der Waals surface area contributed by atoms with E-state index in [2.05, 4.69) is 22.1 Å². The molecule has 0 bridgehead atoms. The van der Waals surface area contributed by atoms with E-state index in [1.165, 1.54) is 25.7 Å². The molecule has 33 heavy (non-hydrogen) atoms. The summed E-state index contributed by atoms with van der Waals surface area (Å²) in [5.74, 6) is 0.396. The van der Waals surface area contributed by atoms with E-state index in [0.29, 0.717) is 12.2 Å². The molecular formula is C28H31N3O2. The Balaban J connectivity index is 1.44. The van der Waals surface area contributed by atoms with Gasteiger partial charge in [0.2, 0.25) is 0 Å². The molecule has 0 amide bonds. The fourth-order valence-electron chi connectivity index (χ4n) is 3.22. The third-order valence-electron chi connectivity index (χ3n) is 5.10. The van der Waals surface area contributed by atoms with Crippen molar-refractivity contribution in [1.82, 2.24) is 0 Å². The average molecular weight is 442 g/mol. The second kappa shape index (κ2) is 13.7. The zero-order valence-electron chi connectivity index (χ0n) is 19.2. The summed E-state index contributed by atoms with van der Waals surface area (Å²) in [5, 5.41) is 8.45. The highest BCUT2D eigenvalue weighted by Gasteiger charge is 2.04. The molecule has 0 aliphatic carbocycles. The Bertz CT molecular complexity index is 1030. The molecule has 3 aromatic rings. The van der Waals surface area contributed by atoms with E-state index in [0.717, 1.165) is 35.5 Å². The lowest BCUT2D eigenvalue weighted by Crippen LogP contribution is -2.07. The Morgan fingerprint density at radius 1 is 0.727 bits per heavy atom. The van der Waals surface area contributed by atoms with Crippen LogP contribution in [0.2, 0.25) is 0 Å². The van der Waals surface area contributed by atoms with Gasteiger partial charge in [0.15, 0.2) is 0 Å². The van der Waals surface area contributed by atoms with Crippen LogP contribution in [0.25, 0.3) is 0 Å². The maximum Gasteiger partial charge on any atom is 0.311 e. The van der Waals surface area contributed by atoms with Crippen LogP contribution in [-0.2, 0) is 4.79 Å². The Morgan fingerprint density at radius 3 is 2.03 bits per heavy atom. The molecule has 3 rings (SSSR count). The summed E-state index contributed by atoms with van der Waals surface area (Å²) in [7, 11) is 0. The molecule has 0 fully saturated rings. The summed E-state index contributed by atoms with van der Waals surface area (Å²) < 4.78 is 5.43. The van der Waals surface area contributed by atoms with E-state index in [-0.39, 0.29) is 5.97 Å². The number of azo groups is 1. The van der Waals surface area contributed by atoms with Crippen molar-refractivity contribution in [1.29, 1.82) is 0 Å². The van der Waals surface area contributed by atoms with Gasteiger partial charge in [-0.1, -0.05) is 57.2 Å². The molecule has 0 N–H and O–H groups in total. The quantitative estimate of drug-likeness (QED) is 0.0929. The predicted octanol–water partition coefficient (Wildman–Crippen LogP) is 8.51. The molecule has 0 radical (unpaired) electrons. The van der Waals surface area contributed by atoms with Gasteiger partial charge in [0.25, 0.3) is 0 Å². The molecule has 170 valence electrons. The second-order valence-electron chi connectivity index (χ2n) is 7.87. The maximum atomic E-state index is 12.0. The highest BCUT2D eigenvalue weighted by molar-refractivity contribution is 5.82. The lowest BCUT2D eigenvalue weighted by atomic mass is 10.1. The molecule has 0 saturated carbocycles. The summed E-state index contributed by atoms with van der Waals surface area (Å²) in [6.45, 7) is 2.20. The number of benzene rings is 3. The van der Waals surface area contributed by atoms with Crippen LogP contribution in [0.4, 0.5) is 17.1 Å². The van der Waals surface area contributed by atoms with Gasteiger partial charge in [0.05, 0.1) is 17.1 Å². The highest BCUT2D eigenvalue weighted by atomic mass is 16.5. The lowest BCUT2D eigenvalue weighted by Gasteiger charge is -2.05. The Labute approximate surface area is 196 Å². The molecule has 0 aliphatic heterocycles. The first-order chi connectivity index (χ1) is 16.2. The van der Waals surface area contributed by atoms with Gasteiger partial charge in [-0.25, -0.2) is 0 Å². The van der Waals surface area contributed by atoms with E-state index in [1.807, 2.05) is 66.7 Å². The van der Waals surface area contributed by atoms with Crippen molar-refractivity contribution >= 4 is 29.2 Å². The molecule has 0 atom stereocenters.